The SMILES string of the molecule is COCc1ccc(C(=O)NCc2nc(NCCCc3ccccc3)c3ccccc3n2)o1. The molecule has 2 heterocycles. The number of benzene rings is 2. The van der Waals surface area contributed by atoms with E-state index in [-0.39, 0.29) is 18.2 Å². The summed E-state index contributed by atoms with van der Waals surface area (Å²) in [6.07, 6.45) is 1.98. The Labute approximate surface area is 186 Å². The van der Waals surface area contributed by atoms with Crippen molar-refractivity contribution in [2.45, 2.75) is 26.0 Å². The van der Waals surface area contributed by atoms with Crippen molar-refractivity contribution in [2.75, 3.05) is 19.0 Å². The smallest absolute Gasteiger partial charge is 0.287 e. The molecule has 4 rings (SSSR count). The summed E-state index contributed by atoms with van der Waals surface area (Å²) in [5, 5.41) is 7.22. The fraction of sp³-hybridized carbons (Fsp3) is 0.240. The molecule has 0 aliphatic carbocycles. The normalized spacial score (nSPS) is 10.9. The molecule has 2 aromatic carbocycles. The number of rotatable bonds is 10. The summed E-state index contributed by atoms with van der Waals surface area (Å²) in [5.74, 6) is 1.82. The van der Waals surface area contributed by atoms with Crippen LogP contribution in [0.4, 0.5) is 5.82 Å². The number of hydrogen-bond acceptors (Lipinski definition) is 6. The number of fused-ring (bicyclic) bond motifs is 1. The van der Waals surface area contributed by atoms with Crippen molar-refractivity contribution in [2.24, 2.45) is 0 Å². The molecule has 0 bridgehead atoms. The first kappa shape index (κ1) is 21.5. The number of aryl methyl sites for hydroxylation is 1. The van der Waals surface area contributed by atoms with Gasteiger partial charge in [0.1, 0.15) is 18.2 Å². The predicted octanol–water partition coefficient (Wildman–Crippen LogP) is 4.34. The summed E-state index contributed by atoms with van der Waals surface area (Å²) in [6, 6.07) is 21.6. The van der Waals surface area contributed by atoms with Crippen LogP contribution in [0.1, 0.15) is 34.1 Å². The minimum Gasteiger partial charge on any atom is -0.453 e. The van der Waals surface area contributed by atoms with Crippen LogP contribution >= 0.6 is 0 Å². The van der Waals surface area contributed by atoms with Gasteiger partial charge in [-0.15, -0.1) is 0 Å². The minimum atomic E-state index is -0.318. The van der Waals surface area contributed by atoms with Gasteiger partial charge < -0.3 is 19.8 Å². The first-order chi connectivity index (χ1) is 15.7. The summed E-state index contributed by atoms with van der Waals surface area (Å²) in [7, 11) is 1.58. The summed E-state index contributed by atoms with van der Waals surface area (Å²) in [5.41, 5.74) is 2.15. The largest absolute Gasteiger partial charge is 0.453 e. The van der Waals surface area contributed by atoms with E-state index in [0.29, 0.717) is 18.2 Å². The lowest BCUT2D eigenvalue weighted by Gasteiger charge is -2.11. The van der Waals surface area contributed by atoms with E-state index in [2.05, 4.69) is 44.9 Å². The molecule has 0 fully saturated rings. The van der Waals surface area contributed by atoms with Crippen LogP contribution in [0.3, 0.4) is 0 Å². The number of methoxy groups -OCH3 is 1. The van der Waals surface area contributed by atoms with Gasteiger partial charge in [-0.2, -0.15) is 0 Å². The number of aromatic nitrogens is 2. The molecular formula is C25H26N4O3. The van der Waals surface area contributed by atoms with Crippen LogP contribution in [-0.4, -0.2) is 29.5 Å². The fourth-order valence-electron chi connectivity index (χ4n) is 3.45. The summed E-state index contributed by atoms with van der Waals surface area (Å²) in [4.78, 5) is 21.7. The minimum absolute atomic E-state index is 0.197. The zero-order valence-electron chi connectivity index (χ0n) is 18.0. The zero-order valence-corrected chi connectivity index (χ0v) is 18.0. The quantitative estimate of drug-likeness (QED) is 0.364. The molecule has 1 amide bonds. The molecule has 7 nitrogen and oxygen atoms in total. The highest BCUT2D eigenvalue weighted by atomic mass is 16.5. The van der Waals surface area contributed by atoms with Crippen molar-refractivity contribution >= 4 is 22.6 Å². The second kappa shape index (κ2) is 10.5. The van der Waals surface area contributed by atoms with Gasteiger partial charge in [0, 0.05) is 19.0 Å². The number of nitrogens with zero attached hydrogens (tertiary/aromatic N) is 2. The molecule has 0 aliphatic rings. The molecule has 7 heteroatoms. The molecule has 0 radical (unpaired) electrons. The van der Waals surface area contributed by atoms with Crippen LogP contribution in [0.5, 0.6) is 0 Å². The van der Waals surface area contributed by atoms with Gasteiger partial charge in [0.05, 0.1) is 12.1 Å². The number of carbonyl (C=O) groups excluding carboxylic acids is 1. The average Bonchev–Trinajstić information content (AvgIpc) is 3.30. The molecule has 32 heavy (non-hydrogen) atoms. The third-order valence-electron chi connectivity index (χ3n) is 5.01. The van der Waals surface area contributed by atoms with Gasteiger partial charge in [-0.3, -0.25) is 4.79 Å². The van der Waals surface area contributed by atoms with Crippen LogP contribution in [0.15, 0.2) is 71.1 Å². The van der Waals surface area contributed by atoms with Gasteiger partial charge in [-0.05, 0) is 42.7 Å². The molecule has 0 atom stereocenters. The first-order valence-electron chi connectivity index (χ1n) is 10.6. The lowest BCUT2D eigenvalue weighted by Crippen LogP contribution is -2.23. The van der Waals surface area contributed by atoms with Gasteiger partial charge in [-0.1, -0.05) is 42.5 Å². The number of anilines is 1. The molecular weight excluding hydrogens is 404 g/mol. The standard InChI is InChI=1S/C25H26N4O3/c1-31-17-19-13-14-22(32-19)25(30)27-16-23-28-21-12-6-5-11-20(21)24(29-23)26-15-7-10-18-8-3-2-4-9-18/h2-6,8-9,11-14H,7,10,15-17H2,1H3,(H,27,30)(H,26,28,29). The third-order valence-corrected chi connectivity index (χ3v) is 5.01. The molecule has 2 aromatic heterocycles. The van der Waals surface area contributed by atoms with E-state index in [0.717, 1.165) is 36.1 Å². The van der Waals surface area contributed by atoms with E-state index in [9.17, 15) is 4.79 Å². The van der Waals surface area contributed by atoms with Gasteiger partial charge >= 0.3 is 0 Å². The molecule has 0 unspecified atom stereocenters. The van der Waals surface area contributed by atoms with Crippen LogP contribution in [0, 0.1) is 0 Å². The van der Waals surface area contributed by atoms with E-state index in [4.69, 9.17) is 9.15 Å². The Morgan fingerprint density at radius 2 is 1.81 bits per heavy atom. The highest BCUT2D eigenvalue weighted by Crippen LogP contribution is 2.20. The van der Waals surface area contributed by atoms with Crippen LogP contribution < -0.4 is 10.6 Å². The average molecular weight is 431 g/mol. The Morgan fingerprint density at radius 1 is 1.00 bits per heavy atom. The van der Waals surface area contributed by atoms with Crippen molar-refractivity contribution in [1.29, 1.82) is 0 Å². The van der Waals surface area contributed by atoms with E-state index < -0.39 is 0 Å². The van der Waals surface area contributed by atoms with E-state index in [1.54, 1.807) is 19.2 Å². The lowest BCUT2D eigenvalue weighted by molar-refractivity contribution is 0.0913. The highest BCUT2D eigenvalue weighted by molar-refractivity contribution is 5.91. The summed E-state index contributed by atoms with van der Waals surface area (Å²) >= 11 is 0. The Bertz CT molecular complexity index is 1170. The Hall–Kier alpha value is -3.71. The number of amides is 1. The van der Waals surface area contributed by atoms with Crippen molar-refractivity contribution in [3.63, 3.8) is 0 Å². The number of ether oxygens (including phenoxy) is 1. The van der Waals surface area contributed by atoms with Crippen LogP contribution in [-0.2, 0) is 24.3 Å². The number of carbonyl (C=O) groups is 1. The molecule has 4 aromatic rings. The van der Waals surface area contributed by atoms with Crippen molar-refractivity contribution in [3.8, 4) is 0 Å². The number of hydrogen-bond donors (Lipinski definition) is 2. The van der Waals surface area contributed by atoms with Crippen molar-refractivity contribution < 1.29 is 13.9 Å². The van der Waals surface area contributed by atoms with E-state index >= 15 is 0 Å². The molecule has 0 aliphatic heterocycles. The Kier molecular flexibility index (Phi) is 7.09. The van der Waals surface area contributed by atoms with Crippen LogP contribution in [0.2, 0.25) is 0 Å². The maximum Gasteiger partial charge on any atom is 0.287 e. The zero-order chi connectivity index (χ0) is 22.2. The lowest BCUT2D eigenvalue weighted by atomic mass is 10.1. The van der Waals surface area contributed by atoms with Crippen LogP contribution in [0.25, 0.3) is 10.9 Å². The van der Waals surface area contributed by atoms with Gasteiger partial charge in [0.2, 0.25) is 0 Å². The van der Waals surface area contributed by atoms with E-state index in [1.807, 2.05) is 30.3 Å². The van der Waals surface area contributed by atoms with E-state index in [1.165, 1.54) is 5.56 Å². The molecule has 164 valence electrons. The van der Waals surface area contributed by atoms with Gasteiger partial charge in [-0.25, -0.2) is 9.97 Å². The second-order valence-electron chi connectivity index (χ2n) is 7.40. The number of nitrogens with one attached hydrogen (secondary N) is 2. The predicted molar refractivity (Wildman–Crippen MR) is 123 cm³/mol. The number of para-hydroxylation sites is 1. The van der Waals surface area contributed by atoms with Gasteiger partial charge in [0.15, 0.2) is 11.6 Å². The summed E-state index contributed by atoms with van der Waals surface area (Å²) < 4.78 is 10.5. The third kappa shape index (κ3) is 5.50. The molecule has 2 N–H and O–H groups in total. The highest BCUT2D eigenvalue weighted by Gasteiger charge is 2.13. The topological polar surface area (TPSA) is 89.3 Å². The fourth-order valence-corrected chi connectivity index (χ4v) is 3.45. The monoisotopic (exact) mass is 430 g/mol. The molecule has 0 saturated carbocycles. The van der Waals surface area contributed by atoms with Crippen molar-refractivity contribution in [3.05, 3.63) is 89.6 Å². The maximum absolute atomic E-state index is 12.4. The molecule has 0 saturated heterocycles. The van der Waals surface area contributed by atoms with Gasteiger partial charge in [0.25, 0.3) is 5.91 Å². The molecule has 0 spiro atoms. The second-order valence-corrected chi connectivity index (χ2v) is 7.40. The maximum atomic E-state index is 12.4. The summed E-state index contributed by atoms with van der Waals surface area (Å²) in [6.45, 7) is 1.30. The first-order valence-corrected chi connectivity index (χ1v) is 10.6. The number of furan rings is 1. The Morgan fingerprint density at radius 3 is 2.66 bits per heavy atom. The van der Waals surface area contributed by atoms with Crippen molar-refractivity contribution in [1.82, 2.24) is 15.3 Å². The Balaban J connectivity index is 1.41.